The number of carboxylic acids is 1. The van der Waals surface area contributed by atoms with Crippen molar-refractivity contribution in [3.63, 3.8) is 0 Å². The second-order valence-corrected chi connectivity index (χ2v) is 5.91. The van der Waals surface area contributed by atoms with Gasteiger partial charge < -0.3 is 19.5 Å². The maximum absolute atomic E-state index is 12.6. The van der Waals surface area contributed by atoms with E-state index in [9.17, 15) is 9.59 Å². The first-order valence-corrected chi connectivity index (χ1v) is 7.91. The molecule has 24 heavy (non-hydrogen) atoms. The van der Waals surface area contributed by atoms with Crippen molar-refractivity contribution in [3.8, 4) is 5.75 Å². The first-order valence-electron chi connectivity index (χ1n) is 7.91. The zero-order chi connectivity index (χ0) is 17.5. The number of hydrogen-bond donors (Lipinski definition) is 1. The maximum Gasteiger partial charge on any atom is 0.317 e. The number of methoxy groups -OCH3 is 1. The van der Waals surface area contributed by atoms with Crippen LogP contribution in [0.25, 0.3) is 0 Å². The Morgan fingerprint density at radius 2 is 2.17 bits per heavy atom. The second-order valence-electron chi connectivity index (χ2n) is 5.91. The molecule has 1 aliphatic heterocycles. The van der Waals surface area contributed by atoms with Crippen LogP contribution in [-0.4, -0.2) is 79.8 Å². The molecule has 1 fully saturated rings. The molecule has 1 heterocycles. The molecule has 0 bridgehead atoms. The Morgan fingerprint density at radius 3 is 2.88 bits per heavy atom. The standard InChI is InChI=1S/C17H24N2O5/c1-18(12-17(21)22)10-14-11-19(7-8-24-14)16(20)9-13-5-3-4-6-15(13)23-2/h3-6,14H,7-12H2,1-2H3,(H,21,22). The van der Waals surface area contributed by atoms with Crippen LogP contribution in [0.4, 0.5) is 0 Å². The molecule has 132 valence electrons. The molecule has 1 aromatic carbocycles. The summed E-state index contributed by atoms with van der Waals surface area (Å²) in [6.07, 6.45) is 0.103. The van der Waals surface area contributed by atoms with Gasteiger partial charge in [0.2, 0.25) is 5.91 Å². The first kappa shape index (κ1) is 18.2. The van der Waals surface area contributed by atoms with E-state index in [2.05, 4.69) is 0 Å². The number of benzene rings is 1. The quantitative estimate of drug-likeness (QED) is 0.780. The van der Waals surface area contributed by atoms with E-state index in [1.54, 1.807) is 24.0 Å². The van der Waals surface area contributed by atoms with E-state index in [1.165, 1.54) is 0 Å². The summed E-state index contributed by atoms with van der Waals surface area (Å²) in [5.74, 6) is -0.150. The molecule has 1 atom stereocenters. The van der Waals surface area contributed by atoms with Crippen LogP contribution in [0, 0.1) is 0 Å². The van der Waals surface area contributed by atoms with Crippen molar-refractivity contribution in [1.82, 2.24) is 9.80 Å². The van der Waals surface area contributed by atoms with Crippen LogP contribution in [0.5, 0.6) is 5.75 Å². The number of likely N-dealkylation sites (N-methyl/N-ethyl adjacent to an activating group) is 1. The lowest BCUT2D eigenvalue weighted by atomic mass is 10.1. The minimum atomic E-state index is -0.877. The molecular weight excluding hydrogens is 312 g/mol. The summed E-state index contributed by atoms with van der Waals surface area (Å²) >= 11 is 0. The lowest BCUT2D eigenvalue weighted by Crippen LogP contribution is -2.50. The number of ether oxygens (including phenoxy) is 2. The van der Waals surface area contributed by atoms with Crippen LogP contribution in [0.15, 0.2) is 24.3 Å². The molecule has 2 rings (SSSR count). The van der Waals surface area contributed by atoms with E-state index in [4.69, 9.17) is 14.6 Å². The molecule has 0 aromatic heterocycles. The Bertz CT molecular complexity index is 578. The average molecular weight is 336 g/mol. The fourth-order valence-electron chi connectivity index (χ4n) is 2.82. The SMILES string of the molecule is COc1ccccc1CC(=O)N1CCOC(CN(C)CC(=O)O)C1. The van der Waals surface area contributed by atoms with Gasteiger partial charge >= 0.3 is 5.97 Å². The van der Waals surface area contributed by atoms with E-state index in [0.717, 1.165) is 5.56 Å². The number of para-hydroxylation sites is 1. The number of nitrogens with zero attached hydrogens (tertiary/aromatic N) is 2. The molecule has 1 saturated heterocycles. The van der Waals surface area contributed by atoms with E-state index < -0.39 is 5.97 Å². The van der Waals surface area contributed by atoms with Crippen LogP contribution < -0.4 is 4.74 Å². The number of carbonyl (C=O) groups is 2. The Labute approximate surface area is 141 Å². The zero-order valence-electron chi connectivity index (χ0n) is 14.1. The van der Waals surface area contributed by atoms with Crippen molar-refractivity contribution in [3.05, 3.63) is 29.8 Å². The normalized spacial score (nSPS) is 17.8. The highest BCUT2D eigenvalue weighted by Gasteiger charge is 2.26. The summed E-state index contributed by atoms with van der Waals surface area (Å²) < 4.78 is 10.9. The lowest BCUT2D eigenvalue weighted by Gasteiger charge is -2.34. The monoisotopic (exact) mass is 336 g/mol. The van der Waals surface area contributed by atoms with Crippen molar-refractivity contribution < 1.29 is 24.2 Å². The molecule has 1 N–H and O–H groups in total. The number of carboxylic acid groups (broad SMARTS) is 1. The summed E-state index contributed by atoms with van der Waals surface area (Å²) in [5.41, 5.74) is 0.857. The minimum Gasteiger partial charge on any atom is -0.496 e. The lowest BCUT2D eigenvalue weighted by molar-refractivity contribution is -0.142. The van der Waals surface area contributed by atoms with Crippen molar-refractivity contribution in [2.45, 2.75) is 12.5 Å². The molecule has 7 nitrogen and oxygen atoms in total. The highest BCUT2D eigenvalue weighted by molar-refractivity contribution is 5.79. The smallest absolute Gasteiger partial charge is 0.317 e. The third kappa shape index (κ3) is 5.21. The third-order valence-corrected chi connectivity index (χ3v) is 3.95. The molecule has 1 amide bonds. The van der Waals surface area contributed by atoms with Gasteiger partial charge in [0.15, 0.2) is 0 Å². The average Bonchev–Trinajstić information content (AvgIpc) is 2.54. The molecule has 0 spiro atoms. The van der Waals surface area contributed by atoms with Gasteiger partial charge in [-0.1, -0.05) is 18.2 Å². The van der Waals surface area contributed by atoms with Crippen molar-refractivity contribution in [1.29, 1.82) is 0 Å². The molecule has 0 saturated carbocycles. The fraction of sp³-hybridized carbons (Fsp3) is 0.529. The largest absolute Gasteiger partial charge is 0.496 e. The Morgan fingerprint density at radius 1 is 1.42 bits per heavy atom. The van der Waals surface area contributed by atoms with Crippen LogP contribution in [0.2, 0.25) is 0 Å². The highest BCUT2D eigenvalue weighted by Crippen LogP contribution is 2.19. The summed E-state index contributed by atoms with van der Waals surface area (Å²) in [4.78, 5) is 26.7. The van der Waals surface area contributed by atoms with E-state index in [-0.39, 0.29) is 25.0 Å². The zero-order valence-corrected chi connectivity index (χ0v) is 14.1. The summed E-state index contributed by atoms with van der Waals surface area (Å²) in [7, 11) is 3.32. The van der Waals surface area contributed by atoms with Gasteiger partial charge in [-0.05, 0) is 13.1 Å². The van der Waals surface area contributed by atoms with Crippen LogP contribution in [0.1, 0.15) is 5.56 Å². The van der Waals surface area contributed by atoms with Crippen molar-refractivity contribution in [2.24, 2.45) is 0 Å². The molecule has 1 aromatic rings. The van der Waals surface area contributed by atoms with Crippen LogP contribution >= 0.6 is 0 Å². The Kier molecular flexibility index (Phi) is 6.57. The van der Waals surface area contributed by atoms with Crippen LogP contribution in [-0.2, 0) is 20.7 Å². The van der Waals surface area contributed by atoms with Gasteiger partial charge in [-0.15, -0.1) is 0 Å². The molecule has 1 aliphatic rings. The maximum atomic E-state index is 12.6. The van der Waals surface area contributed by atoms with Gasteiger partial charge in [0.25, 0.3) is 0 Å². The Hall–Kier alpha value is -2.12. The topological polar surface area (TPSA) is 79.3 Å². The van der Waals surface area contributed by atoms with Gasteiger partial charge in [0, 0.05) is 25.2 Å². The molecule has 1 unspecified atom stereocenters. The van der Waals surface area contributed by atoms with E-state index in [0.29, 0.717) is 32.0 Å². The van der Waals surface area contributed by atoms with Crippen molar-refractivity contribution >= 4 is 11.9 Å². The van der Waals surface area contributed by atoms with E-state index >= 15 is 0 Å². The van der Waals surface area contributed by atoms with Gasteiger partial charge in [-0.2, -0.15) is 0 Å². The van der Waals surface area contributed by atoms with Crippen LogP contribution in [0.3, 0.4) is 0 Å². The van der Waals surface area contributed by atoms with Gasteiger partial charge in [-0.25, -0.2) is 0 Å². The van der Waals surface area contributed by atoms with E-state index in [1.807, 2.05) is 24.3 Å². The first-order chi connectivity index (χ1) is 11.5. The second kappa shape index (κ2) is 8.65. The number of hydrogen-bond acceptors (Lipinski definition) is 5. The summed E-state index contributed by atoms with van der Waals surface area (Å²) in [5, 5.41) is 8.81. The molecular formula is C17H24N2O5. The number of rotatable bonds is 7. The number of morpholine rings is 1. The number of amides is 1. The highest BCUT2D eigenvalue weighted by atomic mass is 16.5. The van der Waals surface area contributed by atoms with Gasteiger partial charge in [0.05, 0.1) is 32.8 Å². The molecule has 0 aliphatic carbocycles. The predicted molar refractivity (Wildman–Crippen MR) is 88.2 cm³/mol. The van der Waals surface area contributed by atoms with Gasteiger partial charge in [0.1, 0.15) is 5.75 Å². The predicted octanol–water partition coefficient (Wildman–Crippen LogP) is 0.482. The number of carbonyl (C=O) groups excluding carboxylic acids is 1. The van der Waals surface area contributed by atoms with Gasteiger partial charge in [-0.3, -0.25) is 14.5 Å². The number of aliphatic carboxylic acids is 1. The molecule has 0 radical (unpaired) electrons. The summed E-state index contributed by atoms with van der Waals surface area (Å²) in [6, 6.07) is 7.48. The Balaban J connectivity index is 1.91. The fourth-order valence-corrected chi connectivity index (χ4v) is 2.82. The molecule has 7 heteroatoms. The summed E-state index contributed by atoms with van der Waals surface area (Å²) in [6.45, 7) is 1.91. The van der Waals surface area contributed by atoms with Crippen molar-refractivity contribution in [2.75, 3.05) is 46.9 Å². The third-order valence-electron chi connectivity index (χ3n) is 3.95. The minimum absolute atomic E-state index is 0.0219.